The summed E-state index contributed by atoms with van der Waals surface area (Å²) >= 11 is 0. The maximum Gasteiger partial charge on any atom is 0.303 e. The van der Waals surface area contributed by atoms with E-state index in [9.17, 15) is 9.90 Å². The molecule has 0 saturated heterocycles. The first kappa shape index (κ1) is 15.8. The maximum atomic E-state index is 11.0. The molecule has 0 aliphatic rings. The van der Waals surface area contributed by atoms with E-state index in [0.29, 0.717) is 0 Å². The van der Waals surface area contributed by atoms with E-state index in [2.05, 4.69) is 10.0 Å². The molecule has 0 amide bonds. The van der Waals surface area contributed by atoms with Crippen molar-refractivity contribution in [3.8, 4) is 0 Å². The van der Waals surface area contributed by atoms with Gasteiger partial charge in [0.05, 0.1) is 6.61 Å². The van der Waals surface area contributed by atoms with Crippen LogP contribution < -0.4 is 0 Å². The zero-order chi connectivity index (χ0) is 15.0. The summed E-state index contributed by atoms with van der Waals surface area (Å²) in [5, 5.41) is 13.0. The SMILES string of the molecule is CC(=O)OC(CO)C(C)(/C=C/c1ccccc1)N=[N+]=[N-]. The van der Waals surface area contributed by atoms with Crippen LogP contribution >= 0.6 is 0 Å². The van der Waals surface area contributed by atoms with Crippen LogP contribution in [-0.2, 0) is 9.53 Å². The molecule has 0 radical (unpaired) electrons. The number of nitrogens with zero attached hydrogens (tertiary/aromatic N) is 3. The van der Waals surface area contributed by atoms with Gasteiger partial charge in [-0.15, -0.1) is 0 Å². The van der Waals surface area contributed by atoms with Crippen molar-refractivity contribution in [1.29, 1.82) is 0 Å². The normalized spacial score (nSPS) is 15.2. The standard InChI is InChI=1S/C14H17N3O3/c1-11(19)20-13(10-18)14(2,16-17-15)9-8-12-6-4-3-5-7-12/h3-9,13,18H,10H2,1-2H3/b9-8+. The van der Waals surface area contributed by atoms with Crippen LogP contribution in [0.1, 0.15) is 19.4 Å². The van der Waals surface area contributed by atoms with E-state index >= 15 is 0 Å². The second kappa shape index (κ2) is 7.33. The number of esters is 1. The van der Waals surface area contributed by atoms with Gasteiger partial charge in [-0.3, -0.25) is 4.79 Å². The van der Waals surface area contributed by atoms with Crippen molar-refractivity contribution in [2.45, 2.75) is 25.5 Å². The number of carbonyl (C=O) groups excluding carboxylic acids is 1. The summed E-state index contributed by atoms with van der Waals surface area (Å²) in [4.78, 5) is 13.8. The number of hydrogen-bond donors (Lipinski definition) is 1. The quantitative estimate of drug-likeness (QED) is 0.374. The zero-order valence-electron chi connectivity index (χ0n) is 11.4. The van der Waals surface area contributed by atoms with Crippen molar-refractivity contribution in [1.82, 2.24) is 0 Å². The lowest BCUT2D eigenvalue weighted by Gasteiger charge is -2.28. The number of aliphatic hydroxyl groups excluding tert-OH is 1. The van der Waals surface area contributed by atoms with Crippen LogP contribution in [0.15, 0.2) is 41.5 Å². The van der Waals surface area contributed by atoms with Gasteiger partial charge in [0.25, 0.3) is 0 Å². The minimum absolute atomic E-state index is 0.436. The van der Waals surface area contributed by atoms with Crippen LogP contribution in [0.2, 0.25) is 0 Å². The third-order valence-electron chi connectivity index (χ3n) is 2.80. The lowest BCUT2D eigenvalue weighted by Crippen LogP contribution is -2.41. The smallest absolute Gasteiger partial charge is 0.303 e. The van der Waals surface area contributed by atoms with E-state index in [4.69, 9.17) is 10.3 Å². The van der Waals surface area contributed by atoms with Crippen LogP contribution in [0.4, 0.5) is 0 Å². The second-order valence-electron chi connectivity index (χ2n) is 4.44. The first-order valence-electron chi connectivity index (χ1n) is 6.10. The molecule has 0 spiro atoms. The third kappa shape index (κ3) is 4.42. The van der Waals surface area contributed by atoms with Crippen molar-refractivity contribution < 1.29 is 14.6 Å². The first-order chi connectivity index (χ1) is 9.51. The Hall–Kier alpha value is -2.30. The molecule has 0 fully saturated rings. The summed E-state index contributed by atoms with van der Waals surface area (Å²) in [5.41, 5.74) is 8.43. The van der Waals surface area contributed by atoms with Crippen LogP contribution in [0, 0.1) is 0 Å². The second-order valence-corrected chi connectivity index (χ2v) is 4.44. The number of benzene rings is 1. The molecule has 1 N–H and O–H groups in total. The lowest BCUT2D eigenvalue weighted by atomic mass is 9.94. The fourth-order valence-corrected chi connectivity index (χ4v) is 1.67. The van der Waals surface area contributed by atoms with E-state index in [0.717, 1.165) is 5.56 Å². The highest BCUT2D eigenvalue weighted by Gasteiger charge is 2.33. The molecular weight excluding hydrogens is 258 g/mol. The highest BCUT2D eigenvalue weighted by Crippen LogP contribution is 2.22. The Labute approximate surface area is 117 Å². The predicted molar refractivity (Wildman–Crippen MR) is 75.7 cm³/mol. The van der Waals surface area contributed by atoms with E-state index in [1.54, 1.807) is 19.1 Å². The fourth-order valence-electron chi connectivity index (χ4n) is 1.67. The predicted octanol–water partition coefficient (Wildman–Crippen LogP) is 2.69. The summed E-state index contributed by atoms with van der Waals surface area (Å²) < 4.78 is 5.00. The van der Waals surface area contributed by atoms with E-state index in [1.165, 1.54) is 6.92 Å². The molecule has 1 aromatic rings. The van der Waals surface area contributed by atoms with Gasteiger partial charge in [0.1, 0.15) is 11.6 Å². The van der Waals surface area contributed by atoms with Crippen molar-refractivity contribution in [2.75, 3.05) is 6.61 Å². The molecule has 6 heteroatoms. The molecule has 106 valence electrons. The number of hydrogen-bond acceptors (Lipinski definition) is 4. The largest absolute Gasteiger partial charge is 0.459 e. The molecule has 1 rings (SSSR count). The number of aliphatic hydroxyl groups is 1. The van der Waals surface area contributed by atoms with Gasteiger partial charge < -0.3 is 9.84 Å². The number of carbonyl (C=O) groups is 1. The van der Waals surface area contributed by atoms with Crippen LogP contribution in [-0.4, -0.2) is 29.3 Å². The molecule has 1 aromatic carbocycles. The zero-order valence-corrected chi connectivity index (χ0v) is 11.4. The summed E-state index contributed by atoms with van der Waals surface area (Å²) in [6.45, 7) is 2.39. The molecule has 2 atom stereocenters. The minimum Gasteiger partial charge on any atom is -0.459 e. The van der Waals surface area contributed by atoms with Gasteiger partial charge in [-0.1, -0.05) is 47.6 Å². The van der Waals surface area contributed by atoms with Crippen LogP contribution in [0.5, 0.6) is 0 Å². The Balaban J connectivity index is 3.04. The van der Waals surface area contributed by atoms with Crippen molar-refractivity contribution in [3.63, 3.8) is 0 Å². The molecule has 6 nitrogen and oxygen atoms in total. The van der Waals surface area contributed by atoms with Crippen molar-refractivity contribution in [2.24, 2.45) is 5.11 Å². The van der Waals surface area contributed by atoms with E-state index in [-0.39, 0.29) is 0 Å². The molecule has 0 heterocycles. The highest BCUT2D eigenvalue weighted by atomic mass is 16.6. The summed E-state index contributed by atoms with van der Waals surface area (Å²) in [7, 11) is 0. The van der Waals surface area contributed by atoms with Gasteiger partial charge in [0.2, 0.25) is 0 Å². The topological polar surface area (TPSA) is 95.3 Å². The molecule has 0 aliphatic carbocycles. The number of ether oxygens (including phenoxy) is 1. The van der Waals surface area contributed by atoms with Crippen LogP contribution in [0.25, 0.3) is 16.5 Å². The molecule has 2 unspecified atom stereocenters. The Morgan fingerprint density at radius 2 is 2.20 bits per heavy atom. The summed E-state index contributed by atoms with van der Waals surface area (Å²) in [6.07, 6.45) is 2.43. The summed E-state index contributed by atoms with van der Waals surface area (Å²) in [5.74, 6) is -0.545. The number of rotatable bonds is 6. The first-order valence-corrected chi connectivity index (χ1v) is 6.10. The van der Waals surface area contributed by atoms with Gasteiger partial charge in [-0.25, -0.2) is 0 Å². The van der Waals surface area contributed by atoms with E-state index in [1.807, 2.05) is 30.3 Å². The van der Waals surface area contributed by atoms with Gasteiger partial charge in [-0.2, -0.15) is 0 Å². The Bertz CT molecular complexity index is 524. The molecule has 0 saturated carbocycles. The molecule has 20 heavy (non-hydrogen) atoms. The molecule has 0 aliphatic heterocycles. The molecule has 0 bridgehead atoms. The Kier molecular flexibility index (Phi) is 5.77. The van der Waals surface area contributed by atoms with Crippen molar-refractivity contribution >= 4 is 12.0 Å². The molecule has 0 aromatic heterocycles. The fraction of sp³-hybridized carbons (Fsp3) is 0.357. The van der Waals surface area contributed by atoms with Gasteiger partial charge in [0.15, 0.2) is 0 Å². The van der Waals surface area contributed by atoms with Crippen molar-refractivity contribution in [3.05, 3.63) is 52.4 Å². The minimum atomic E-state index is -1.16. The average molecular weight is 275 g/mol. The lowest BCUT2D eigenvalue weighted by molar-refractivity contribution is -0.151. The average Bonchev–Trinajstić information content (AvgIpc) is 2.44. The van der Waals surface area contributed by atoms with Gasteiger partial charge in [0, 0.05) is 11.8 Å². The Morgan fingerprint density at radius 3 is 2.70 bits per heavy atom. The van der Waals surface area contributed by atoms with Gasteiger partial charge >= 0.3 is 5.97 Å². The third-order valence-corrected chi connectivity index (χ3v) is 2.80. The Morgan fingerprint density at radius 1 is 1.55 bits per heavy atom. The van der Waals surface area contributed by atoms with E-state index < -0.39 is 24.2 Å². The van der Waals surface area contributed by atoms with Gasteiger partial charge in [-0.05, 0) is 18.0 Å². The van der Waals surface area contributed by atoms with Crippen LogP contribution in [0.3, 0.4) is 0 Å². The molecular formula is C14H17N3O3. The maximum absolute atomic E-state index is 11.0. The number of azide groups is 1. The monoisotopic (exact) mass is 275 g/mol. The summed E-state index contributed by atoms with van der Waals surface area (Å²) in [6, 6.07) is 9.40. The highest BCUT2D eigenvalue weighted by molar-refractivity contribution is 5.66.